The predicted molar refractivity (Wildman–Crippen MR) is 90.8 cm³/mol. The molecule has 0 radical (unpaired) electrons. The number of likely N-dealkylation sites (tertiary alicyclic amines) is 1. The van der Waals surface area contributed by atoms with Crippen molar-refractivity contribution in [2.45, 2.75) is 39.5 Å². The number of carbonyl (C=O) groups excluding carboxylic acids is 1. The highest BCUT2D eigenvalue weighted by Gasteiger charge is 2.24. The van der Waals surface area contributed by atoms with Crippen LogP contribution < -0.4 is 0 Å². The fourth-order valence-electron chi connectivity index (χ4n) is 3.79. The van der Waals surface area contributed by atoms with Crippen molar-refractivity contribution < 1.29 is 4.79 Å². The maximum Gasteiger partial charge on any atom is 0.222 e. The number of amides is 1. The van der Waals surface area contributed by atoms with E-state index in [-0.39, 0.29) is 0 Å². The number of hydrogen-bond acceptors (Lipinski definition) is 1. The Bertz CT molecular complexity index is 636. The molecule has 2 atom stereocenters. The third-order valence-electron chi connectivity index (χ3n) is 4.73. The summed E-state index contributed by atoms with van der Waals surface area (Å²) in [5.74, 6) is 1.61. The molecule has 0 unspecified atom stereocenters. The molecule has 3 nitrogen and oxygen atoms in total. The maximum absolute atomic E-state index is 12.4. The Kier molecular flexibility index (Phi) is 4.51. The Hall–Kier alpha value is -1.77. The Morgan fingerprint density at radius 3 is 2.73 bits per heavy atom. The second-order valence-corrected chi connectivity index (χ2v) is 6.96. The van der Waals surface area contributed by atoms with Gasteiger partial charge in [-0.2, -0.15) is 0 Å². The molecule has 1 amide bonds. The first kappa shape index (κ1) is 15.1. The molecule has 0 saturated carbocycles. The van der Waals surface area contributed by atoms with Gasteiger partial charge in [0.15, 0.2) is 0 Å². The lowest BCUT2D eigenvalue weighted by molar-refractivity contribution is -0.133. The van der Waals surface area contributed by atoms with Gasteiger partial charge in [0.1, 0.15) is 0 Å². The van der Waals surface area contributed by atoms with Crippen molar-refractivity contribution in [2.24, 2.45) is 11.8 Å². The van der Waals surface area contributed by atoms with Crippen LogP contribution >= 0.6 is 0 Å². The van der Waals surface area contributed by atoms with Crippen LogP contribution in [0.1, 0.15) is 38.7 Å². The van der Waals surface area contributed by atoms with E-state index < -0.39 is 0 Å². The average molecular weight is 298 g/mol. The van der Waals surface area contributed by atoms with Gasteiger partial charge in [-0.1, -0.05) is 32.0 Å². The number of nitrogens with zero attached hydrogens (tertiary/aromatic N) is 1. The van der Waals surface area contributed by atoms with Crippen LogP contribution in [0.2, 0.25) is 0 Å². The van der Waals surface area contributed by atoms with Gasteiger partial charge in [-0.05, 0) is 42.7 Å². The molecule has 118 valence electrons. The minimum Gasteiger partial charge on any atom is -0.361 e. The molecule has 1 fully saturated rings. The molecule has 3 heteroatoms. The zero-order valence-corrected chi connectivity index (χ0v) is 13.6. The van der Waals surface area contributed by atoms with Gasteiger partial charge in [0, 0.05) is 36.6 Å². The predicted octanol–water partition coefficient (Wildman–Crippen LogP) is 4.00. The highest BCUT2D eigenvalue weighted by Crippen LogP contribution is 2.23. The molecule has 0 bridgehead atoms. The lowest BCUT2D eigenvalue weighted by atomic mass is 9.91. The van der Waals surface area contributed by atoms with Crippen LogP contribution in [-0.4, -0.2) is 28.9 Å². The summed E-state index contributed by atoms with van der Waals surface area (Å²) in [6, 6.07) is 8.36. The van der Waals surface area contributed by atoms with Gasteiger partial charge in [0.05, 0.1) is 0 Å². The van der Waals surface area contributed by atoms with Crippen LogP contribution in [-0.2, 0) is 11.2 Å². The smallest absolute Gasteiger partial charge is 0.222 e. The number of para-hydroxylation sites is 1. The van der Waals surface area contributed by atoms with E-state index in [1.807, 2.05) is 6.07 Å². The lowest BCUT2D eigenvalue weighted by Crippen LogP contribution is -2.42. The number of H-pyrrole nitrogens is 1. The van der Waals surface area contributed by atoms with Crippen molar-refractivity contribution in [1.29, 1.82) is 0 Å². The fraction of sp³-hybridized carbons (Fsp3) is 0.526. The van der Waals surface area contributed by atoms with Crippen molar-refractivity contribution in [3.8, 4) is 0 Å². The summed E-state index contributed by atoms with van der Waals surface area (Å²) in [4.78, 5) is 17.8. The highest BCUT2D eigenvalue weighted by atomic mass is 16.2. The molecule has 1 N–H and O–H groups in total. The van der Waals surface area contributed by atoms with E-state index in [1.165, 1.54) is 22.9 Å². The summed E-state index contributed by atoms with van der Waals surface area (Å²) in [5, 5.41) is 1.29. The summed E-state index contributed by atoms with van der Waals surface area (Å²) in [6.45, 7) is 6.39. The van der Waals surface area contributed by atoms with E-state index in [4.69, 9.17) is 0 Å². The van der Waals surface area contributed by atoms with E-state index in [2.05, 4.69) is 48.1 Å². The number of piperidine rings is 1. The van der Waals surface area contributed by atoms with Crippen molar-refractivity contribution in [2.75, 3.05) is 13.1 Å². The molecular weight excluding hydrogens is 272 g/mol. The van der Waals surface area contributed by atoms with E-state index >= 15 is 0 Å². The second kappa shape index (κ2) is 6.55. The molecule has 1 aliphatic heterocycles. The summed E-state index contributed by atoms with van der Waals surface area (Å²) in [6.07, 6.45) is 5.90. The number of carbonyl (C=O) groups is 1. The molecule has 2 aromatic rings. The lowest BCUT2D eigenvalue weighted by Gasteiger charge is -2.35. The number of fused-ring (bicyclic) bond motifs is 1. The zero-order chi connectivity index (χ0) is 15.5. The standard InChI is InChI=1S/C19H26N2O/c1-14-10-15(2)13-21(12-14)19(22)9-5-6-16-11-20-18-8-4-3-7-17(16)18/h3-4,7-8,11,14-15,20H,5-6,9-10,12-13H2,1-2H3/t14-,15-/m1/s1. The number of rotatable bonds is 4. The summed E-state index contributed by atoms with van der Waals surface area (Å²) in [7, 11) is 0. The van der Waals surface area contributed by atoms with Crippen LogP contribution in [0.5, 0.6) is 0 Å². The van der Waals surface area contributed by atoms with Gasteiger partial charge in [-0.3, -0.25) is 4.79 Å². The van der Waals surface area contributed by atoms with Crippen LogP contribution in [0.3, 0.4) is 0 Å². The molecule has 2 heterocycles. The molecule has 0 spiro atoms. The van der Waals surface area contributed by atoms with E-state index in [0.717, 1.165) is 25.9 Å². The van der Waals surface area contributed by atoms with Gasteiger partial charge < -0.3 is 9.88 Å². The average Bonchev–Trinajstić information content (AvgIpc) is 2.90. The number of aryl methyl sites for hydroxylation is 1. The Labute approximate surface area is 132 Å². The molecule has 0 aliphatic carbocycles. The number of aromatic amines is 1. The molecular formula is C19H26N2O. The Morgan fingerprint density at radius 1 is 1.23 bits per heavy atom. The van der Waals surface area contributed by atoms with E-state index in [9.17, 15) is 4.79 Å². The summed E-state index contributed by atoms with van der Waals surface area (Å²) < 4.78 is 0. The highest BCUT2D eigenvalue weighted by molar-refractivity contribution is 5.83. The van der Waals surface area contributed by atoms with Crippen LogP contribution in [0.25, 0.3) is 10.9 Å². The van der Waals surface area contributed by atoms with Gasteiger partial charge in [0.25, 0.3) is 0 Å². The van der Waals surface area contributed by atoms with Crippen LogP contribution in [0, 0.1) is 11.8 Å². The molecule has 1 saturated heterocycles. The summed E-state index contributed by atoms with van der Waals surface area (Å²) in [5.41, 5.74) is 2.51. The number of hydrogen-bond donors (Lipinski definition) is 1. The number of benzene rings is 1. The largest absolute Gasteiger partial charge is 0.361 e. The molecule has 22 heavy (non-hydrogen) atoms. The minimum atomic E-state index is 0.332. The first-order valence-corrected chi connectivity index (χ1v) is 8.46. The van der Waals surface area contributed by atoms with Crippen molar-refractivity contribution >= 4 is 16.8 Å². The molecule has 1 aromatic heterocycles. The maximum atomic E-state index is 12.4. The monoisotopic (exact) mass is 298 g/mol. The number of nitrogens with one attached hydrogen (secondary N) is 1. The Balaban J connectivity index is 1.53. The third-order valence-corrected chi connectivity index (χ3v) is 4.73. The van der Waals surface area contributed by atoms with Gasteiger partial charge in [-0.25, -0.2) is 0 Å². The number of aromatic nitrogens is 1. The van der Waals surface area contributed by atoms with E-state index in [1.54, 1.807) is 0 Å². The molecule has 1 aromatic carbocycles. The van der Waals surface area contributed by atoms with E-state index in [0.29, 0.717) is 24.2 Å². The SMILES string of the molecule is C[C@@H]1C[C@@H](C)CN(C(=O)CCCc2c[nH]c3ccccc23)C1. The molecule has 3 rings (SSSR count). The summed E-state index contributed by atoms with van der Waals surface area (Å²) >= 11 is 0. The fourth-order valence-corrected chi connectivity index (χ4v) is 3.79. The van der Waals surface area contributed by atoms with Crippen molar-refractivity contribution in [1.82, 2.24) is 9.88 Å². The second-order valence-electron chi connectivity index (χ2n) is 6.96. The van der Waals surface area contributed by atoms with Gasteiger partial charge >= 0.3 is 0 Å². The molecule has 1 aliphatic rings. The van der Waals surface area contributed by atoms with Crippen LogP contribution in [0.15, 0.2) is 30.5 Å². The zero-order valence-electron chi connectivity index (χ0n) is 13.6. The van der Waals surface area contributed by atoms with Crippen molar-refractivity contribution in [3.05, 3.63) is 36.0 Å². The first-order valence-electron chi connectivity index (χ1n) is 8.46. The third kappa shape index (κ3) is 3.34. The normalized spacial score (nSPS) is 22.2. The topological polar surface area (TPSA) is 36.1 Å². The first-order chi connectivity index (χ1) is 10.6. The van der Waals surface area contributed by atoms with Gasteiger partial charge in [0.2, 0.25) is 5.91 Å². The van der Waals surface area contributed by atoms with Gasteiger partial charge in [-0.15, -0.1) is 0 Å². The minimum absolute atomic E-state index is 0.332. The Morgan fingerprint density at radius 2 is 1.95 bits per heavy atom. The quantitative estimate of drug-likeness (QED) is 0.910. The van der Waals surface area contributed by atoms with Crippen molar-refractivity contribution in [3.63, 3.8) is 0 Å². The van der Waals surface area contributed by atoms with Crippen LogP contribution in [0.4, 0.5) is 0 Å².